The quantitative estimate of drug-likeness (QED) is 0.388. The molecule has 4 atom stereocenters. The average molecular weight is 386 g/mol. The maximum atomic E-state index is 13.2. The molecule has 2 rings (SSSR count). The molecule has 1 N–H and O–H groups in total. The zero-order valence-corrected chi connectivity index (χ0v) is 16.1. The fraction of sp³-hybridized carbons (Fsp3) is 0.706. The van der Waals surface area contributed by atoms with Crippen molar-refractivity contribution in [3.63, 3.8) is 0 Å². The number of aliphatic hydroxyl groups excluding tert-OH is 1. The molecule has 0 radical (unpaired) electrons. The summed E-state index contributed by atoms with van der Waals surface area (Å²) in [4.78, 5) is 25.9. The molecule has 0 aromatic carbocycles. The molecule has 0 bridgehead atoms. The maximum Gasteiger partial charge on any atom is 0.363 e. The molecule has 0 aromatic rings. The molecule has 0 spiro atoms. The van der Waals surface area contributed by atoms with Gasteiger partial charge in [-0.2, -0.15) is 0 Å². The van der Waals surface area contributed by atoms with Gasteiger partial charge in [-0.3, -0.25) is 14.9 Å². The number of nitro groups is 1. The van der Waals surface area contributed by atoms with Crippen molar-refractivity contribution in [2.24, 2.45) is 5.92 Å². The van der Waals surface area contributed by atoms with Crippen LogP contribution in [0.3, 0.4) is 0 Å². The van der Waals surface area contributed by atoms with Gasteiger partial charge < -0.3 is 19.5 Å². The number of nitrogens with zero attached hydrogens (tertiary/aromatic N) is 2. The number of ether oxygens (including phenoxy) is 2. The van der Waals surface area contributed by atoms with Crippen LogP contribution in [0.15, 0.2) is 24.0 Å². The van der Waals surface area contributed by atoms with E-state index in [1.807, 2.05) is 13.8 Å². The van der Waals surface area contributed by atoms with E-state index in [9.17, 15) is 20.0 Å². The van der Waals surface area contributed by atoms with Crippen LogP contribution in [0.1, 0.15) is 26.7 Å². The van der Waals surface area contributed by atoms with Crippen LogP contribution in [-0.4, -0.2) is 64.1 Å². The highest BCUT2D eigenvalue weighted by atomic mass is 32.2. The Labute approximate surface area is 157 Å². The first-order valence-corrected chi connectivity index (χ1v) is 9.79. The summed E-state index contributed by atoms with van der Waals surface area (Å²) in [6, 6.07) is -0.137. The molecule has 3 unspecified atom stereocenters. The fourth-order valence-electron chi connectivity index (χ4n) is 3.49. The third kappa shape index (κ3) is 3.89. The number of thioether (sulfide) groups is 1. The van der Waals surface area contributed by atoms with Crippen molar-refractivity contribution >= 4 is 17.7 Å². The normalized spacial score (nSPS) is 29.5. The minimum absolute atomic E-state index is 0.137. The SMILES string of the molecule is CCOC(SCC)[C@@H]1CCCN1C(=O)C1C=CC(O)=CC1(OC)[N+](=O)[O-]. The number of allylic oxidation sites excluding steroid dienone is 1. The summed E-state index contributed by atoms with van der Waals surface area (Å²) in [5, 5.41) is 21.4. The predicted molar refractivity (Wildman–Crippen MR) is 98.4 cm³/mol. The summed E-state index contributed by atoms with van der Waals surface area (Å²) in [7, 11) is 1.17. The first kappa shape index (κ1) is 20.7. The van der Waals surface area contributed by atoms with Crippen LogP contribution < -0.4 is 0 Å². The van der Waals surface area contributed by atoms with Crippen molar-refractivity contribution in [3.8, 4) is 0 Å². The highest BCUT2D eigenvalue weighted by Crippen LogP contribution is 2.36. The van der Waals surface area contributed by atoms with E-state index in [0.29, 0.717) is 13.2 Å². The lowest BCUT2D eigenvalue weighted by atomic mass is 9.89. The van der Waals surface area contributed by atoms with Crippen molar-refractivity contribution in [2.45, 2.75) is 43.9 Å². The van der Waals surface area contributed by atoms with Gasteiger partial charge in [0.25, 0.3) is 0 Å². The number of methoxy groups -OCH3 is 1. The summed E-state index contributed by atoms with van der Waals surface area (Å²) in [6.07, 6.45) is 5.25. The Morgan fingerprint density at radius 3 is 2.88 bits per heavy atom. The Hall–Kier alpha value is -1.58. The number of likely N-dealkylation sites (tertiary alicyclic amines) is 1. The van der Waals surface area contributed by atoms with Gasteiger partial charge in [-0.1, -0.05) is 13.0 Å². The topological polar surface area (TPSA) is 102 Å². The molecule has 1 heterocycles. The minimum Gasteiger partial charge on any atom is -0.508 e. The molecule has 0 aromatic heterocycles. The van der Waals surface area contributed by atoms with Gasteiger partial charge in [-0.15, -0.1) is 11.8 Å². The molecule has 9 heteroatoms. The van der Waals surface area contributed by atoms with Gasteiger partial charge in [-0.05, 0) is 31.6 Å². The summed E-state index contributed by atoms with van der Waals surface area (Å²) >= 11 is 1.63. The average Bonchev–Trinajstić information content (AvgIpc) is 3.10. The van der Waals surface area contributed by atoms with E-state index in [2.05, 4.69) is 0 Å². The monoisotopic (exact) mass is 386 g/mol. The molecule has 1 saturated heterocycles. The summed E-state index contributed by atoms with van der Waals surface area (Å²) in [5.41, 5.74) is -2.28. The molecule has 1 aliphatic carbocycles. The highest BCUT2D eigenvalue weighted by Gasteiger charge is 2.56. The number of aliphatic hydroxyl groups is 1. The second kappa shape index (κ2) is 8.88. The fourth-order valence-corrected chi connectivity index (χ4v) is 4.56. The summed E-state index contributed by atoms with van der Waals surface area (Å²) in [6.45, 7) is 4.99. The maximum absolute atomic E-state index is 13.2. The van der Waals surface area contributed by atoms with E-state index in [1.165, 1.54) is 19.3 Å². The number of carbonyl (C=O) groups is 1. The Morgan fingerprint density at radius 2 is 2.31 bits per heavy atom. The predicted octanol–water partition coefficient (Wildman–Crippen LogP) is 2.34. The van der Waals surface area contributed by atoms with Crippen molar-refractivity contribution < 1.29 is 24.3 Å². The number of hydrogen-bond donors (Lipinski definition) is 1. The van der Waals surface area contributed by atoms with Crippen molar-refractivity contribution in [2.75, 3.05) is 26.0 Å². The van der Waals surface area contributed by atoms with Crippen LogP contribution in [0.4, 0.5) is 0 Å². The second-order valence-corrected chi connectivity index (χ2v) is 7.51. The largest absolute Gasteiger partial charge is 0.508 e. The van der Waals surface area contributed by atoms with Crippen LogP contribution in [0.2, 0.25) is 0 Å². The molecule has 146 valence electrons. The van der Waals surface area contributed by atoms with E-state index in [4.69, 9.17) is 9.47 Å². The molecule has 1 fully saturated rings. The third-order valence-electron chi connectivity index (χ3n) is 4.70. The van der Waals surface area contributed by atoms with Crippen LogP contribution in [-0.2, 0) is 14.3 Å². The standard InChI is InChI=1S/C17H26N2O6S/c1-4-25-16(26-5-2)14-7-6-10-18(14)15(21)13-9-8-12(20)11-17(13,24-3)19(22)23/h8-9,11,13-14,16,20H,4-7,10H2,1-3H3/t13?,14-,16?,17?/m0/s1. The third-order valence-corrected chi connectivity index (χ3v) is 5.81. The zero-order valence-electron chi connectivity index (χ0n) is 15.3. The molecule has 2 aliphatic rings. The molecule has 26 heavy (non-hydrogen) atoms. The molecule has 1 amide bonds. The molecule has 0 saturated carbocycles. The first-order chi connectivity index (χ1) is 12.4. The smallest absolute Gasteiger partial charge is 0.363 e. The van der Waals surface area contributed by atoms with E-state index < -0.39 is 16.6 Å². The second-order valence-electron chi connectivity index (χ2n) is 6.14. The van der Waals surface area contributed by atoms with Gasteiger partial charge >= 0.3 is 5.72 Å². The lowest BCUT2D eigenvalue weighted by Gasteiger charge is -2.35. The van der Waals surface area contributed by atoms with Gasteiger partial charge in [0, 0.05) is 20.3 Å². The molecular formula is C17H26N2O6S. The van der Waals surface area contributed by atoms with Gasteiger partial charge in [0.05, 0.1) is 17.0 Å². The summed E-state index contributed by atoms with van der Waals surface area (Å²) < 4.78 is 10.9. The van der Waals surface area contributed by atoms with Crippen LogP contribution in [0.25, 0.3) is 0 Å². The van der Waals surface area contributed by atoms with Crippen molar-refractivity contribution in [1.82, 2.24) is 4.90 Å². The Bertz CT molecular complexity index is 590. The lowest BCUT2D eigenvalue weighted by Crippen LogP contribution is -2.55. The molecule has 1 aliphatic heterocycles. The molecular weight excluding hydrogens is 360 g/mol. The van der Waals surface area contributed by atoms with Gasteiger partial charge in [0.15, 0.2) is 5.92 Å². The number of amides is 1. The van der Waals surface area contributed by atoms with E-state index >= 15 is 0 Å². The van der Waals surface area contributed by atoms with Crippen molar-refractivity contribution in [3.05, 3.63) is 34.1 Å². The van der Waals surface area contributed by atoms with E-state index in [-0.39, 0.29) is 23.1 Å². The Morgan fingerprint density at radius 1 is 1.58 bits per heavy atom. The van der Waals surface area contributed by atoms with Crippen LogP contribution in [0.5, 0.6) is 0 Å². The van der Waals surface area contributed by atoms with Crippen LogP contribution in [0, 0.1) is 16.0 Å². The first-order valence-electron chi connectivity index (χ1n) is 8.74. The highest BCUT2D eigenvalue weighted by molar-refractivity contribution is 7.99. The van der Waals surface area contributed by atoms with Crippen molar-refractivity contribution in [1.29, 1.82) is 0 Å². The lowest BCUT2D eigenvalue weighted by molar-refractivity contribution is -0.617. The Balaban J connectivity index is 2.30. The van der Waals surface area contributed by atoms with Crippen LogP contribution >= 0.6 is 11.8 Å². The van der Waals surface area contributed by atoms with Gasteiger partial charge in [0.1, 0.15) is 11.2 Å². The van der Waals surface area contributed by atoms with E-state index in [1.54, 1.807) is 16.7 Å². The number of carbonyl (C=O) groups excluding carboxylic acids is 1. The minimum atomic E-state index is -2.11. The van der Waals surface area contributed by atoms with Gasteiger partial charge in [0.2, 0.25) is 5.91 Å². The number of hydrogen-bond acceptors (Lipinski definition) is 7. The molecule has 8 nitrogen and oxygen atoms in total. The van der Waals surface area contributed by atoms with E-state index in [0.717, 1.165) is 24.7 Å². The zero-order chi connectivity index (χ0) is 19.3. The number of rotatable bonds is 8. The van der Waals surface area contributed by atoms with Gasteiger partial charge in [-0.25, -0.2) is 0 Å². The Kier molecular flexibility index (Phi) is 7.08. The summed E-state index contributed by atoms with van der Waals surface area (Å²) in [5.74, 6) is -0.972.